The summed E-state index contributed by atoms with van der Waals surface area (Å²) in [5.41, 5.74) is 6.12. The highest BCUT2D eigenvalue weighted by atomic mass is 16.5. The number of fused-ring (bicyclic) bond motifs is 1. The number of aromatic nitrogens is 4. The van der Waals surface area contributed by atoms with Crippen LogP contribution in [0.15, 0.2) is 55.0 Å². The van der Waals surface area contributed by atoms with Crippen molar-refractivity contribution in [3.8, 4) is 22.6 Å². The number of hydrogen-bond donors (Lipinski definition) is 2. The van der Waals surface area contributed by atoms with Gasteiger partial charge < -0.3 is 15.0 Å². The lowest BCUT2D eigenvalue weighted by Crippen LogP contribution is -2.71. The Labute approximate surface area is 197 Å². The molecular formula is C26H26N6O2. The Hall–Kier alpha value is -3.62. The maximum atomic E-state index is 12.6. The van der Waals surface area contributed by atoms with Crippen LogP contribution >= 0.6 is 0 Å². The Morgan fingerprint density at radius 1 is 1.15 bits per heavy atom. The summed E-state index contributed by atoms with van der Waals surface area (Å²) in [7, 11) is 0. The van der Waals surface area contributed by atoms with Crippen LogP contribution in [0.4, 0.5) is 0 Å². The van der Waals surface area contributed by atoms with Gasteiger partial charge in [0.15, 0.2) is 0 Å². The van der Waals surface area contributed by atoms with Gasteiger partial charge >= 0.3 is 5.97 Å². The summed E-state index contributed by atoms with van der Waals surface area (Å²) in [5.74, 6) is -0.343. The molecular weight excluding hydrogens is 428 g/mol. The molecule has 2 saturated heterocycles. The zero-order valence-electron chi connectivity index (χ0n) is 19.0. The third-order valence-electron chi connectivity index (χ3n) is 6.73. The van der Waals surface area contributed by atoms with Gasteiger partial charge in [-0.3, -0.25) is 14.9 Å². The van der Waals surface area contributed by atoms with E-state index in [0.717, 1.165) is 72.0 Å². The van der Waals surface area contributed by atoms with Crippen molar-refractivity contribution in [1.29, 1.82) is 0 Å². The van der Waals surface area contributed by atoms with Gasteiger partial charge in [0.1, 0.15) is 6.61 Å². The van der Waals surface area contributed by atoms with E-state index in [1.165, 1.54) is 0 Å². The van der Waals surface area contributed by atoms with Crippen molar-refractivity contribution in [2.75, 3.05) is 39.3 Å². The van der Waals surface area contributed by atoms with E-state index in [1.807, 2.05) is 49.4 Å². The van der Waals surface area contributed by atoms with Gasteiger partial charge in [0.25, 0.3) is 0 Å². The van der Waals surface area contributed by atoms with Crippen molar-refractivity contribution < 1.29 is 9.53 Å². The van der Waals surface area contributed by atoms with Gasteiger partial charge in [0.05, 0.1) is 34.5 Å². The fraction of sp³-hybridized carbons (Fsp3) is 0.308. The second-order valence-electron chi connectivity index (χ2n) is 9.37. The highest BCUT2D eigenvalue weighted by molar-refractivity contribution is 5.95. The Morgan fingerprint density at radius 2 is 2.03 bits per heavy atom. The molecule has 0 radical (unpaired) electrons. The first-order valence-corrected chi connectivity index (χ1v) is 11.6. The van der Waals surface area contributed by atoms with E-state index in [9.17, 15) is 4.79 Å². The van der Waals surface area contributed by atoms with Crippen molar-refractivity contribution in [3.63, 3.8) is 0 Å². The van der Waals surface area contributed by atoms with Crippen molar-refractivity contribution in [2.24, 2.45) is 5.41 Å². The number of ether oxygens (including phenoxy) is 1. The van der Waals surface area contributed by atoms with Gasteiger partial charge in [-0.05, 0) is 37.3 Å². The zero-order valence-corrected chi connectivity index (χ0v) is 19.0. The molecule has 3 aromatic heterocycles. The maximum absolute atomic E-state index is 12.6. The number of carbonyl (C=O) groups is 1. The van der Waals surface area contributed by atoms with Crippen molar-refractivity contribution >= 4 is 16.9 Å². The highest BCUT2D eigenvalue weighted by Crippen LogP contribution is 2.33. The molecule has 0 saturated carbocycles. The third-order valence-corrected chi connectivity index (χ3v) is 6.73. The molecule has 172 valence electrons. The van der Waals surface area contributed by atoms with E-state index in [4.69, 9.17) is 4.74 Å². The molecule has 0 aliphatic carbocycles. The molecule has 2 aliphatic heterocycles. The lowest BCUT2D eigenvalue weighted by Gasteiger charge is -2.56. The van der Waals surface area contributed by atoms with Crippen LogP contribution in [0.2, 0.25) is 0 Å². The Morgan fingerprint density at radius 3 is 2.82 bits per heavy atom. The molecule has 2 N–H and O–H groups in total. The number of aryl methyl sites for hydroxylation is 1. The Balaban J connectivity index is 1.18. The number of nitrogens with one attached hydrogen (secondary N) is 2. The first-order chi connectivity index (χ1) is 16.6. The van der Waals surface area contributed by atoms with Gasteiger partial charge in [-0.1, -0.05) is 12.1 Å². The predicted molar refractivity (Wildman–Crippen MR) is 129 cm³/mol. The molecule has 0 amide bonds. The first-order valence-electron chi connectivity index (χ1n) is 11.6. The summed E-state index contributed by atoms with van der Waals surface area (Å²) in [6.07, 6.45) is 3.26. The number of esters is 1. The van der Waals surface area contributed by atoms with Crippen molar-refractivity contribution in [3.05, 3.63) is 66.2 Å². The topological polar surface area (TPSA) is 96.0 Å². The van der Waals surface area contributed by atoms with E-state index in [2.05, 4.69) is 30.2 Å². The molecule has 0 unspecified atom stereocenters. The molecule has 5 heterocycles. The second-order valence-corrected chi connectivity index (χ2v) is 9.37. The average Bonchev–Trinajstić information content (AvgIpc) is 3.28. The van der Waals surface area contributed by atoms with Gasteiger partial charge in [-0.25, -0.2) is 9.78 Å². The highest BCUT2D eigenvalue weighted by Gasteiger charge is 2.46. The largest absolute Gasteiger partial charge is 0.461 e. The first kappa shape index (κ1) is 20.9. The molecule has 0 atom stereocenters. The van der Waals surface area contributed by atoms with Crippen LogP contribution in [-0.4, -0.2) is 70.1 Å². The molecule has 1 aromatic carbocycles. The van der Waals surface area contributed by atoms with Gasteiger partial charge in [-0.15, -0.1) is 0 Å². The monoisotopic (exact) mass is 454 g/mol. The summed E-state index contributed by atoms with van der Waals surface area (Å²) >= 11 is 0. The Bertz CT molecular complexity index is 1370. The minimum absolute atomic E-state index is 0.343. The minimum atomic E-state index is -0.343. The minimum Gasteiger partial charge on any atom is -0.461 e. The lowest BCUT2D eigenvalue weighted by molar-refractivity contribution is -0.0479. The maximum Gasteiger partial charge on any atom is 0.339 e. The molecule has 6 rings (SSSR count). The molecule has 1 spiro atoms. The van der Waals surface area contributed by atoms with Crippen LogP contribution < -0.4 is 5.32 Å². The van der Waals surface area contributed by atoms with E-state index < -0.39 is 0 Å². The third kappa shape index (κ3) is 3.85. The molecule has 2 aliphatic rings. The molecule has 4 aromatic rings. The molecule has 8 nitrogen and oxygen atoms in total. The van der Waals surface area contributed by atoms with E-state index in [-0.39, 0.29) is 5.97 Å². The van der Waals surface area contributed by atoms with Crippen LogP contribution in [0.3, 0.4) is 0 Å². The number of H-pyrrole nitrogens is 1. The molecule has 2 fully saturated rings. The number of likely N-dealkylation sites (tertiary alicyclic amines) is 1. The number of hydrogen-bond acceptors (Lipinski definition) is 7. The number of benzene rings is 1. The van der Waals surface area contributed by atoms with Crippen LogP contribution in [0.25, 0.3) is 33.5 Å². The zero-order chi connectivity index (χ0) is 23.1. The van der Waals surface area contributed by atoms with Crippen molar-refractivity contribution in [1.82, 2.24) is 30.2 Å². The number of pyridine rings is 2. The lowest BCUT2D eigenvalue weighted by atomic mass is 9.74. The van der Waals surface area contributed by atoms with Gasteiger partial charge in [0, 0.05) is 61.0 Å². The number of nitrogens with zero attached hydrogens (tertiary/aromatic N) is 4. The van der Waals surface area contributed by atoms with E-state index in [1.54, 1.807) is 12.5 Å². The molecule has 8 heteroatoms. The summed E-state index contributed by atoms with van der Waals surface area (Å²) in [4.78, 5) is 31.8. The van der Waals surface area contributed by atoms with Gasteiger partial charge in [0.2, 0.25) is 0 Å². The summed E-state index contributed by atoms with van der Waals surface area (Å²) in [6, 6.07) is 13.7. The summed E-state index contributed by atoms with van der Waals surface area (Å²) in [5, 5.41) is 4.19. The number of carbonyl (C=O) groups excluding carboxylic acids is 1. The number of imidazole rings is 1. The molecule has 0 bridgehead atoms. The van der Waals surface area contributed by atoms with E-state index >= 15 is 0 Å². The van der Waals surface area contributed by atoms with Crippen LogP contribution in [0.5, 0.6) is 0 Å². The predicted octanol–water partition coefficient (Wildman–Crippen LogP) is 3.06. The van der Waals surface area contributed by atoms with Crippen LogP contribution in [-0.2, 0) is 4.74 Å². The SMILES string of the molecule is Cc1cccc(-c2[nH]cnc2-c2ccc3ncc(C(=O)OCCN4CC5(CNC5)C4)cc3c2)n1. The fourth-order valence-corrected chi connectivity index (χ4v) is 4.89. The van der Waals surface area contributed by atoms with Crippen LogP contribution in [0.1, 0.15) is 16.1 Å². The summed E-state index contributed by atoms with van der Waals surface area (Å²) < 4.78 is 5.53. The van der Waals surface area contributed by atoms with Crippen molar-refractivity contribution in [2.45, 2.75) is 6.92 Å². The standard InChI is InChI=1S/C26H26N6O2/c1-17-3-2-4-22(31-17)24-23(29-16-30-24)18-5-6-21-19(9-18)10-20(11-28-21)25(33)34-8-7-32-14-26(15-32)12-27-13-26/h2-6,9-11,16,27H,7-8,12-15H2,1H3,(H,29,30). The Kier molecular flexibility index (Phi) is 5.12. The van der Waals surface area contributed by atoms with Crippen LogP contribution in [0, 0.1) is 12.3 Å². The fourth-order valence-electron chi connectivity index (χ4n) is 4.89. The second kappa shape index (κ2) is 8.30. The quantitative estimate of drug-likeness (QED) is 0.432. The van der Waals surface area contributed by atoms with E-state index in [0.29, 0.717) is 17.6 Å². The normalized spacial score (nSPS) is 16.9. The molecule has 34 heavy (non-hydrogen) atoms. The average molecular weight is 455 g/mol. The number of rotatable bonds is 6. The smallest absolute Gasteiger partial charge is 0.339 e. The van der Waals surface area contributed by atoms with Gasteiger partial charge in [-0.2, -0.15) is 0 Å². The summed E-state index contributed by atoms with van der Waals surface area (Å²) in [6.45, 7) is 7.52. The number of aromatic amines is 1.